The monoisotopic (exact) mass is 264 g/mol. The molecule has 1 aliphatic rings. The van der Waals surface area contributed by atoms with E-state index < -0.39 is 0 Å². The number of hydrogen-bond donors (Lipinski definition) is 1. The molecule has 18 heavy (non-hydrogen) atoms. The molecule has 1 saturated carbocycles. The van der Waals surface area contributed by atoms with E-state index in [-0.39, 0.29) is 0 Å². The van der Waals surface area contributed by atoms with Crippen molar-refractivity contribution >= 4 is 23.4 Å². The maximum Gasteiger partial charge on any atom is 0.179 e. The van der Waals surface area contributed by atoms with E-state index >= 15 is 0 Å². The third-order valence-corrected chi connectivity index (χ3v) is 4.27. The molecule has 2 heterocycles. The summed E-state index contributed by atoms with van der Waals surface area (Å²) in [6, 6.07) is 0. The largest absolute Gasteiger partial charge is 0.328 e. The third-order valence-electron chi connectivity index (χ3n) is 3.95. The molecule has 0 aliphatic heterocycles. The van der Waals surface area contributed by atoms with Crippen molar-refractivity contribution in [3.05, 3.63) is 10.5 Å². The molecule has 3 rings (SSSR count). The maximum absolute atomic E-state index is 5.47. The summed E-state index contributed by atoms with van der Waals surface area (Å²) >= 11 is 5.47. The topological polar surface area (TPSA) is 38.5 Å². The van der Waals surface area contributed by atoms with E-state index in [1.54, 1.807) is 0 Å². The molecule has 1 N–H and O–H groups in total. The summed E-state index contributed by atoms with van der Waals surface area (Å²) in [6.45, 7) is 5.52. The number of nitrogens with zero attached hydrogens (tertiary/aromatic N) is 3. The Morgan fingerprint density at radius 2 is 2.17 bits per heavy atom. The summed E-state index contributed by atoms with van der Waals surface area (Å²) in [5.41, 5.74) is 3.87. The summed E-state index contributed by atoms with van der Waals surface area (Å²) in [5.74, 6) is 0. The van der Waals surface area contributed by atoms with Gasteiger partial charge in [0.1, 0.15) is 5.52 Å². The average molecular weight is 264 g/mol. The number of aromatic nitrogens is 4. The van der Waals surface area contributed by atoms with Crippen LogP contribution in [0.25, 0.3) is 11.2 Å². The van der Waals surface area contributed by atoms with E-state index in [4.69, 9.17) is 12.2 Å². The fourth-order valence-corrected chi connectivity index (χ4v) is 2.84. The zero-order valence-electron chi connectivity index (χ0n) is 11.3. The minimum absolute atomic E-state index is 0.447. The van der Waals surface area contributed by atoms with Crippen LogP contribution in [0.1, 0.15) is 38.8 Å². The van der Waals surface area contributed by atoms with E-state index in [0.29, 0.717) is 5.41 Å². The highest BCUT2D eigenvalue weighted by Crippen LogP contribution is 2.46. The molecule has 1 aliphatic carbocycles. The smallest absolute Gasteiger partial charge is 0.179 e. The molecule has 0 saturated heterocycles. The van der Waals surface area contributed by atoms with Crippen molar-refractivity contribution in [3.63, 3.8) is 0 Å². The lowest BCUT2D eigenvalue weighted by Crippen LogP contribution is -2.10. The van der Waals surface area contributed by atoms with Crippen molar-refractivity contribution in [1.29, 1.82) is 0 Å². The molecule has 5 heteroatoms. The first kappa shape index (κ1) is 12.0. The van der Waals surface area contributed by atoms with E-state index in [2.05, 4.69) is 28.5 Å². The number of fused-ring (bicyclic) bond motifs is 1. The van der Waals surface area contributed by atoms with Gasteiger partial charge in [-0.05, 0) is 36.9 Å². The fraction of sp³-hybridized carbons (Fsp3) is 0.692. The quantitative estimate of drug-likeness (QED) is 0.861. The molecule has 98 valence electrons. The Hall–Kier alpha value is -1.10. The van der Waals surface area contributed by atoms with E-state index in [1.165, 1.54) is 12.8 Å². The Labute approximate surface area is 112 Å². The molecule has 0 bridgehead atoms. The van der Waals surface area contributed by atoms with Gasteiger partial charge in [0, 0.05) is 13.6 Å². The van der Waals surface area contributed by atoms with Crippen LogP contribution in [0.2, 0.25) is 0 Å². The third kappa shape index (κ3) is 1.81. The molecule has 2 aromatic rings. The SMILES string of the molecule is CCCc1nn(C)c2c1[nH]c(=S)n2CC1(C)CC1. The van der Waals surface area contributed by atoms with Crippen molar-refractivity contribution in [2.24, 2.45) is 12.5 Å². The van der Waals surface area contributed by atoms with Gasteiger partial charge in [0.15, 0.2) is 10.4 Å². The van der Waals surface area contributed by atoms with Crippen LogP contribution in [0.4, 0.5) is 0 Å². The molecule has 1 fully saturated rings. The number of aryl methyl sites for hydroxylation is 2. The van der Waals surface area contributed by atoms with Gasteiger partial charge in [-0.25, -0.2) is 0 Å². The predicted molar refractivity (Wildman–Crippen MR) is 75.2 cm³/mol. The fourth-order valence-electron chi connectivity index (χ4n) is 2.59. The molecule has 0 spiro atoms. The van der Waals surface area contributed by atoms with Gasteiger partial charge in [0.05, 0.1) is 5.69 Å². The lowest BCUT2D eigenvalue weighted by atomic mass is 10.1. The minimum Gasteiger partial charge on any atom is -0.328 e. The highest BCUT2D eigenvalue weighted by Gasteiger charge is 2.38. The first-order chi connectivity index (χ1) is 8.54. The molecule has 0 radical (unpaired) electrons. The summed E-state index contributed by atoms with van der Waals surface area (Å²) in [4.78, 5) is 3.35. The molecule has 2 aromatic heterocycles. The molecule has 0 unspecified atom stereocenters. The van der Waals surface area contributed by atoms with Gasteiger partial charge < -0.3 is 9.55 Å². The number of imidazole rings is 1. The van der Waals surface area contributed by atoms with Gasteiger partial charge in [-0.3, -0.25) is 4.68 Å². The Balaban J connectivity index is 2.13. The Kier molecular flexibility index (Phi) is 2.62. The van der Waals surface area contributed by atoms with Crippen molar-refractivity contribution < 1.29 is 0 Å². The average Bonchev–Trinajstić information content (AvgIpc) is 2.84. The van der Waals surface area contributed by atoms with E-state index in [1.807, 2.05) is 11.7 Å². The Bertz CT molecular complexity index is 642. The van der Waals surface area contributed by atoms with Crippen LogP contribution in [-0.2, 0) is 20.0 Å². The molecule has 0 amide bonds. The summed E-state index contributed by atoms with van der Waals surface area (Å²) in [6.07, 6.45) is 4.72. The number of hydrogen-bond acceptors (Lipinski definition) is 2. The van der Waals surface area contributed by atoms with Crippen molar-refractivity contribution in [2.75, 3.05) is 0 Å². The highest BCUT2D eigenvalue weighted by atomic mass is 32.1. The zero-order valence-corrected chi connectivity index (χ0v) is 12.1. The summed E-state index contributed by atoms with van der Waals surface area (Å²) < 4.78 is 5.03. The van der Waals surface area contributed by atoms with Crippen molar-refractivity contribution in [1.82, 2.24) is 19.3 Å². The molecule has 4 nitrogen and oxygen atoms in total. The Morgan fingerprint density at radius 1 is 1.44 bits per heavy atom. The molecule has 0 aromatic carbocycles. The van der Waals surface area contributed by atoms with Crippen LogP contribution in [0.15, 0.2) is 0 Å². The summed E-state index contributed by atoms with van der Waals surface area (Å²) in [5, 5.41) is 4.61. The van der Waals surface area contributed by atoms with Gasteiger partial charge in [-0.2, -0.15) is 5.10 Å². The van der Waals surface area contributed by atoms with Gasteiger partial charge in [0.25, 0.3) is 0 Å². The number of aromatic amines is 1. The first-order valence-electron chi connectivity index (χ1n) is 6.68. The minimum atomic E-state index is 0.447. The van der Waals surface area contributed by atoms with E-state index in [0.717, 1.165) is 41.0 Å². The van der Waals surface area contributed by atoms with Crippen LogP contribution in [0.5, 0.6) is 0 Å². The second kappa shape index (κ2) is 3.95. The lowest BCUT2D eigenvalue weighted by molar-refractivity contribution is 0.463. The molecular weight excluding hydrogens is 244 g/mol. The van der Waals surface area contributed by atoms with Crippen LogP contribution in [0.3, 0.4) is 0 Å². The number of H-pyrrole nitrogens is 1. The van der Waals surface area contributed by atoms with Crippen LogP contribution in [-0.4, -0.2) is 19.3 Å². The maximum atomic E-state index is 5.47. The van der Waals surface area contributed by atoms with Crippen LogP contribution >= 0.6 is 12.2 Å². The normalized spacial score (nSPS) is 17.5. The highest BCUT2D eigenvalue weighted by molar-refractivity contribution is 7.71. The Morgan fingerprint density at radius 3 is 2.78 bits per heavy atom. The summed E-state index contributed by atoms with van der Waals surface area (Å²) in [7, 11) is 2.01. The predicted octanol–water partition coefficient (Wildman–Crippen LogP) is 3.18. The van der Waals surface area contributed by atoms with Crippen molar-refractivity contribution in [3.8, 4) is 0 Å². The lowest BCUT2D eigenvalue weighted by Gasteiger charge is -2.10. The van der Waals surface area contributed by atoms with E-state index in [9.17, 15) is 0 Å². The molecular formula is C13H20N4S. The van der Waals surface area contributed by atoms with Gasteiger partial charge in [-0.1, -0.05) is 20.3 Å². The van der Waals surface area contributed by atoms with Gasteiger partial charge in [-0.15, -0.1) is 0 Å². The number of nitrogens with one attached hydrogen (secondary N) is 1. The van der Waals surface area contributed by atoms with Gasteiger partial charge >= 0.3 is 0 Å². The molecule has 0 atom stereocenters. The van der Waals surface area contributed by atoms with Crippen LogP contribution < -0.4 is 0 Å². The zero-order chi connectivity index (χ0) is 12.9. The second-order valence-electron chi connectivity index (χ2n) is 5.85. The number of rotatable bonds is 4. The second-order valence-corrected chi connectivity index (χ2v) is 6.23. The standard InChI is InChI=1S/C13H20N4S/c1-4-5-9-10-11(16(3)15-9)17(12(18)14-10)8-13(2)6-7-13/h4-8H2,1-3H3,(H,14,18). The first-order valence-corrected chi connectivity index (χ1v) is 7.09. The van der Waals surface area contributed by atoms with Crippen molar-refractivity contribution in [2.45, 2.75) is 46.1 Å². The van der Waals surface area contributed by atoms with Crippen LogP contribution in [0, 0.1) is 10.2 Å². The van der Waals surface area contributed by atoms with Gasteiger partial charge in [0.2, 0.25) is 0 Å².